The van der Waals surface area contributed by atoms with E-state index >= 15 is 0 Å². The highest BCUT2D eigenvalue weighted by Crippen LogP contribution is 2.28. The molecule has 1 aromatic heterocycles. The van der Waals surface area contributed by atoms with Gasteiger partial charge in [-0.3, -0.25) is 0 Å². The van der Waals surface area contributed by atoms with E-state index in [-0.39, 0.29) is 0 Å². The molecule has 0 atom stereocenters. The van der Waals surface area contributed by atoms with Crippen molar-refractivity contribution in [2.24, 2.45) is 0 Å². The van der Waals surface area contributed by atoms with E-state index in [1.54, 1.807) is 12.3 Å². The Labute approximate surface area is 111 Å². The minimum Gasteiger partial charge on any atom is -0.396 e. The largest absolute Gasteiger partial charge is 0.396 e. The molecule has 1 aliphatic rings. The number of benzene rings is 1. The summed E-state index contributed by atoms with van der Waals surface area (Å²) in [5.74, 6) is 0.650. The first-order valence-electron chi connectivity index (χ1n) is 6.02. The molecule has 0 spiro atoms. The number of rotatable bonds is 2. The predicted octanol–water partition coefficient (Wildman–Crippen LogP) is 3.55. The van der Waals surface area contributed by atoms with E-state index in [0.29, 0.717) is 16.5 Å². The van der Waals surface area contributed by atoms with Crippen LogP contribution >= 0.6 is 11.6 Å². The molecule has 92 valence electrons. The molecule has 3 N–H and O–H groups in total. The van der Waals surface area contributed by atoms with Gasteiger partial charge in [0, 0.05) is 11.9 Å². The van der Waals surface area contributed by atoms with Gasteiger partial charge in [-0.15, -0.1) is 0 Å². The molecule has 0 bridgehead atoms. The summed E-state index contributed by atoms with van der Waals surface area (Å²) in [5.41, 5.74) is 10.3. The van der Waals surface area contributed by atoms with Gasteiger partial charge in [0.15, 0.2) is 5.82 Å². The third-order valence-corrected chi connectivity index (χ3v) is 3.45. The number of aryl methyl sites for hydroxylation is 2. The number of pyridine rings is 1. The lowest BCUT2D eigenvalue weighted by Crippen LogP contribution is -1.99. The number of hydrogen-bond donors (Lipinski definition) is 2. The molecule has 0 fully saturated rings. The summed E-state index contributed by atoms with van der Waals surface area (Å²) in [7, 11) is 0. The van der Waals surface area contributed by atoms with Crippen LogP contribution < -0.4 is 11.1 Å². The molecular weight excluding hydrogens is 246 g/mol. The molecule has 18 heavy (non-hydrogen) atoms. The summed E-state index contributed by atoms with van der Waals surface area (Å²) in [4.78, 5) is 4.20. The molecule has 0 amide bonds. The Morgan fingerprint density at radius 3 is 2.83 bits per heavy atom. The smallest absolute Gasteiger partial charge is 0.153 e. The number of halogens is 1. The zero-order valence-corrected chi connectivity index (χ0v) is 10.7. The number of nitrogens with two attached hydrogens (primary N) is 1. The summed E-state index contributed by atoms with van der Waals surface area (Å²) < 4.78 is 0. The van der Waals surface area contributed by atoms with Gasteiger partial charge < -0.3 is 11.1 Å². The van der Waals surface area contributed by atoms with Crippen LogP contribution in [0.15, 0.2) is 30.5 Å². The highest BCUT2D eigenvalue weighted by Gasteiger charge is 2.11. The Kier molecular flexibility index (Phi) is 2.84. The van der Waals surface area contributed by atoms with Crippen molar-refractivity contribution in [3.8, 4) is 0 Å². The van der Waals surface area contributed by atoms with E-state index in [1.165, 1.54) is 24.0 Å². The summed E-state index contributed by atoms with van der Waals surface area (Å²) in [6, 6.07) is 8.12. The number of nitrogen functional groups attached to an aromatic ring is 1. The predicted molar refractivity (Wildman–Crippen MR) is 75.4 cm³/mol. The van der Waals surface area contributed by atoms with Crippen LogP contribution in [0.1, 0.15) is 17.5 Å². The van der Waals surface area contributed by atoms with Gasteiger partial charge in [-0.2, -0.15) is 0 Å². The molecular formula is C14H14ClN3. The second-order valence-electron chi connectivity index (χ2n) is 4.55. The zero-order chi connectivity index (χ0) is 12.5. The summed E-state index contributed by atoms with van der Waals surface area (Å²) >= 11 is 5.83. The maximum atomic E-state index is 5.87. The van der Waals surface area contributed by atoms with Crippen LogP contribution in [-0.4, -0.2) is 4.98 Å². The molecule has 0 saturated heterocycles. The van der Waals surface area contributed by atoms with Crippen molar-refractivity contribution in [2.75, 3.05) is 11.1 Å². The third-order valence-electron chi connectivity index (χ3n) is 3.25. The first kappa shape index (κ1) is 11.4. The Balaban J connectivity index is 1.88. The lowest BCUT2D eigenvalue weighted by molar-refractivity contribution is 0.912. The number of nitrogens with zero attached hydrogens (tertiary/aromatic N) is 1. The molecule has 0 unspecified atom stereocenters. The van der Waals surface area contributed by atoms with Gasteiger partial charge in [0.2, 0.25) is 0 Å². The standard InChI is InChI=1S/C14H14ClN3/c15-11-7-13(16)14(17-8-11)18-12-5-4-9-2-1-3-10(9)6-12/h4-8H,1-3,16H2,(H,17,18). The molecule has 2 aromatic rings. The fourth-order valence-electron chi connectivity index (χ4n) is 2.35. The molecule has 0 saturated carbocycles. The average Bonchev–Trinajstić information content (AvgIpc) is 2.80. The van der Waals surface area contributed by atoms with E-state index in [9.17, 15) is 0 Å². The van der Waals surface area contributed by atoms with Crippen LogP contribution in [0.2, 0.25) is 5.02 Å². The fraction of sp³-hybridized carbons (Fsp3) is 0.214. The number of fused-ring (bicyclic) bond motifs is 1. The van der Waals surface area contributed by atoms with E-state index in [0.717, 1.165) is 12.1 Å². The first-order chi connectivity index (χ1) is 8.72. The van der Waals surface area contributed by atoms with Crippen molar-refractivity contribution in [3.05, 3.63) is 46.6 Å². The normalized spacial score (nSPS) is 13.4. The molecule has 0 aliphatic heterocycles. The van der Waals surface area contributed by atoms with Crippen molar-refractivity contribution in [1.82, 2.24) is 4.98 Å². The molecule has 0 radical (unpaired) electrons. The number of nitrogens with one attached hydrogen (secondary N) is 1. The lowest BCUT2D eigenvalue weighted by Gasteiger charge is -2.10. The Bertz CT molecular complexity index is 596. The van der Waals surface area contributed by atoms with Gasteiger partial charge in [0.25, 0.3) is 0 Å². The quantitative estimate of drug-likeness (QED) is 0.867. The van der Waals surface area contributed by atoms with Crippen molar-refractivity contribution in [3.63, 3.8) is 0 Å². The van der Waals surface area contributed by atoms with Crippen LogP contribution in [0.5, 0.6) is 0 Å². The van der Waals surface area contributed by atoms with E-state index in [4.69, 9.17) is 17.3 Å². The van der Waals surface area contributed by atoms with Gasteiger partial charge in [-0.05, 0) is 48.6 Å². The average molecular weight is 260 g/mol. The first-order valence-corrected chi connectivity index (χ1v) is 6.40. The molecule has 1 heterocycles. The summed E-state index contributed by atoms with van der Waals surface area (Å²) in [5, 5.41) is 3.78. The van der Waals surface area contributed by atoms with Crippen molar-refractivity contribution in [2.45, 2.75) is 19.3 Å². The molecule has 1 aromatic carbocycles. The highest BCUT2D eigenvalue weighted by molar-refractivity contribution is 6.30. The van der Waals surface area contributed by atoms with Crippen molar-refractivity contribution in [1.29, 1.82) is 0 Å². The third kappa shape index (κ3) is 2.14. The van der Waals surface area contributed by atoms with Crippen LogP contribution in [-0.2, 0) is 12.8 Å². The second-order valence-corrected chi connectivity index (χ2v) is 4.99. The lowest BCUT2D eigenvalue weighted by atomic mass is 10.1. The van der Waals surface area contributed by atoms with E-state index in [2.05, 4.69) is 28.5 Å². The van der Waals surface area contributed by atoms with Crippen LogP contribution in [0.4, 0.5) is 17.2 Å². The monoisotopic (exact) mass is 259 g/mol. The van der Waals surface area contributed by atoms with Gasteiger partial charge in [-0.1, -0.05) is 17.7 Å². The number of hydrogen-bond acceptors (Lipinski definition) is 3. The van der Waals surface area contributed by atoms with Crippen LogP contribution in [0.3, 0.4) is 0 Å². The zero-order valence-electron chi connectivity index (χ0n) is 9.91. The van der Waals surface area contributed by atoms with Crippen molar-refractivity contribution >= 4 is 28.8 Å². The number of anilines is 3. The molecule has 3 nitrogen and oxygen atoms in total. The molecule has 3 rings (SSSR count). The topological polar surface area (TPSA) is 50.9 Å². The van der Waals surface area contributed by atoms with Gasteiger partial charge in [-0.25, -0.2) is 4.98 Å². The van der Waals surface area contributed by atoms with E-state index in [1.807, 2.05) is 0 Å². The minimum absolute atomic E-state index is 0.548. The molecule has 4 heteroatoms. The maximum absolute atomic E-state index is 5.87. The summed E-state index contributed by atoms with van der Waals surface area (Å²) in [6.07, 6.45) is 5.19. The number of aromatic nitrogens is 1. The van der Waals surface area contributed by atoms with Crippen LogP contribution in [0, 0.1) is 0 Å². The maximum Gasteiger partial charge on any atom is 0.153 e. The fourth-order valence-corrected chi connectivity index (χ4v) is 2.51. The Morgan fingerprint density at radius 2 is 2.00 bits per heavy atom. The highest BCUT2D eigenvalue weighted by atomic mass is 35.5. The van der Waals surface area contributed by atoms with Gasteiger partial charge in [0.05, 0.1) is 10.7 Å². The van der Waals surface area contributed by atoms with Crippen LogP contribution in [0.25, 0.3) is 0 Å². The summed E-state index contributed by atoms with van der Waals surface area (Å²) in [6.45, 7) is 0. The molecule has 1 aliphatic carbocycles. The SMILES string of the molecule is Nc1cc(Cl)cnc1Nc1ccc2c(c1)CCC2. The van der Waals surface area contributed by atoms with Crippen molar-refractivity contribution < 1.29 is 0 Å². The minimum atomic E-state index is 0.548. The van der Waals surface area contributed by atoms with Gasteiger partial charge in [0.1, 0.15) is 0 Å². The Morgan fingerprint density at radius 1 is 1.17 bits per heavy atom. The van der Waals surface area contributed by atoms with Gasteiger partial charge >= 0.3 is 0 Å². The van der Waals surface area contributed by atoms with E-state index < -0.39 is 0 Å². The Hall–Kier alpha value is -1.74. The second kappa shape index (κ2) is 4.50.